The number of likely N-dealkylation sites (tertiary alicyclic amines) is 1. The van der Waals surface area contributed by atoms with Crippen LogP contribution < -0.4 is 4.90 Å². The number of hydrogen-bond donors (Lipinski definition) is 0. The molecule has 1 amide bonds. The van der Waals surface area contributed by atoms with Gasteiger partial charge in [0.15, 0.2) is 0 Å². The Labute approximate surface area is 164 Å². The molecular weight excluding hydrogens is 358 g/mol. The van der Waals surface area contributed by atoms with E-state index >= 15 is 0 Å². The molecule has 2 aliphatic heterocycles. The normalized spacial score (nSPS) is 24.5. The molecule has 2 aromatic heterocycles. The van der Waals surface area contributed by atoms with Crippen LogP contribution in [0.3, 0.4) is 0 Å². The van der Waals surface area contributed by atoms with Crippen LogP contribution in [0, 0.1) is 0 Å². The summed E-state index contributed by atoms with van der Waals surface area (Å²) in [4.78, 5) is 21.2. The second kappa shape index (κ2) is 7.36. The predicted molar refractivity (Wildman–Crippen MR) is 106 cm³/mol. The average molecular weight is 386 g/mol. The number of nitrogens with zero attached hydrogens (tertiary/aromatic N) is 5. The minimum Gasteiger partial charge on any atom is -0.309 e. The number of anilines is 1. The first-order chi connectivity index (χ1) is 13.3. The Balaban J connectivity index is 1.19. The highest BCUT2D eigenvalue weighted by atomic mass is 32.1. The molecule has 0 radical (unpaired) electrons. The summed E-state index contributed by atoms with van der Waals surface area (Å²) in [5.74, 6) is 0.940. The highest BCUT2D eigenvalue weighted by Gasteiger charge is 2.28. The van der Waals surface area contributed by atoms with Gasteiger partial charge in [-0.3, -0.25) is 14.4 Å². The number of amides is 1. The van der Waals surface area contributed by atoms with Crippen molar-refractivity contribution in [2.24, 2.45) is 0 Å². The van der Waals surface area contributed by atoms with Gasteiger partial charge in [0.2, 0.25) is 5.91 Å². The van der Waals surface area contributed by atoms with Crippen LogP contribution >= 0.6 is 11.3 Å². The van der Waals surface area contributed by atoms with Crippen LogP contribution in [0.1, 0.15) is 67.6 Å². The molecule has 0 bridgehead atoms. The van der Waals surface area contributed by atoms with Crippen LogP contribution in [0.25, 0.3) is 0 Å². The molecule has 27 heavy (non-hydrogen) atoms. The van der Waals surface area contributed by atoms with Crippen molar-refractivity contribution >= 4 is 22.9 Å². The SMILES string of the molecule is O=C1CCCN1c1cnn(C2CCN(Cc3csc(C4CCCC4)n3)C2)c1. The molecule has 3 fully saturated rings. The molecule has 2 aromatic rings. The lowest BCUT2D eigenvalue weighted by atomic mass is 10.1. The third-order valence-corrected chi connectivity index (χ3v) is 7.31. The minimum absolute atomic E-state index is 0.226. The molecule has 1 atom stereocenters. The Morgan fingerprint density at radius 1 is 1.15 bits per heavy atom. The first kappa shape index (κ1) is 17.4. The number of thiazole rings is 1. The van der Waals surface area contributed by atoms with E-state index in [9.17, 15) is 4.79 Å². The summed E-state index contributed by atoms with van der Waals surface area (Å²) < 4.78 is 2.06. The van der Waals surface area contributed by atoms with Gasteiger partial charge in [0.25, 0.3) is 0 Å². The van der Waals surface area contributed by atoms with Crippen molar-refractivity contribution in [1.82, 2.24) is 19.7 Å². The summed E-state index contributed by atoms with van der Waals surface area (Å²) in [6.45, 7) is 3.86. The number of hydrogen-bond acceptors (Lipinski definition) is 5. The van der Waals surface area contributed by atoms with E-state index in [0.29, 0.717) is 18.4 Å². The monoisotopic (exact) mass is 385 g/mol. The van der Waals surface area contributed by atoms with E-state index in [1.165, 1.54) is 36.4 Å². The first-order valence-corrected chi connectivity index (χ1v) is 11.2. The van der Waals surface area contributed by atoms with Crippen LogP contribution in [0.5, 0.6) is 0 Å². The quantitative estimate of drug-likeness (QED) is 0.790. The molecule has 0 spiro atoms. The van der Waals surface area contributed by atoms with E-state index < -0.39 is 0 Å². The van der Waals surface area contributed by atoms with E-state index in [0.717, 1.165) is 44.7 Å². The fraction of sp³-hybridized carbons (Fsp3) is 0.650. The summed E-state index contributed by atoms with van der Waals surface area (Å²) in [5.41, 5.74) is 2.18. The fourth-order valence-corrected chi connectivity index (χ4v) is 5.73. The second-order valence-electron chi connectivity index (χ2n) is 8.16. The molecule has 0 N–H and O–H groups in total. The molecule has 144 valence electrons. The van der Waals surface area contributed by atoms with E-state index in [1.54, 1.807) is 0 Å². The summed E-state index contributed by atoms with van der Waals surface area (Å²) >= 11 is 1.85. The van der Waals surface area contributed by atoms with Crippen molar-refractivity contribution in [2.45, 2.75) is 63.5 Å². The van der Waals surface area contributed by atoms with Crippen molar-refractivity contribution in [1.29, 1.82) is 0 Å². The fourth-order valence-electron chi connectivity index (χ4n) is 4.74. The number of carbonyl (C=O) groups excluding carboxylic acids is 1. The molecule has 0 aromatic carbocycles. The average Bonchev–Trinajstić information content (AvgIpc) is 3.46. The molecule has 1 aliphatic carbocycles. The van der Waals surface area contributed by atoms with Gasteiger partial charge in [-0.25, -0.2) is 4.98 Å². The molecular formula is C20H27N5OS. The molecule has 1 saturated carbocycles. The maximum Gasteiger partial charge on any atom is 0.227 e. The van der Waals surface area contributed by atoms with Crippen LogP contribution in [-0.4, -0.2) is 45.2 Å². The van der Waals surface area contributed by atoms with Crippen molar-refractivity contribution < 1.29 is 4.79 Å². The Morgan fingerprint density at radius 2 is 2.04 bits per heavy atom. The third kappa shape index (κ3) is 3.55. The smallest absolute Gasteiger partial charge is 0.227 e. The maximum absolute atomic E-state index is 11.9. The van der Waals surface area contributed by atoms with Crippen molar-refractivity contribution in [3.05, 3.63) is 28.5 Å². The largest absolute Gasteiger partial charge is 0.309 e. The Morgan fingerprint density at radius 3 is 2.85 bits per heavy atom. The van der Waals surface area contributed by atoms with Crippen LogP contribution in [0.2, 0.25) is 0 Å². The Hall–Kier alpha value is -1.73. The number of aromatic nitrogens is 3. The van der Waals surface area contributed by atoms with E-state index in [-0.39, 0.29) is 5.91 Å². The van der Waals surface area contributed by atoms with Gasteiger partial charge in [-0.1, -0.05) is 12.8 Å². The van der Waals surface area contributed by atoms with E-state index in [4.69, 9.17) is 4.98 Å². The van der Waals surface area contributed by atoms with Crippen LogP contribution in [-0.2, 0) is 11.3 Å². The summed E-state index contributed by atoms with van der Waals surface area (Å²) in [5, 5.41) is 8.17. The lowest BCUT2D eigenvalue weighted by molar-refractivity contribution is -0.117. The molecule has 2 saturated heterocycles. The molecule has 6 nitrogen and oxygen atoms in total. The highest BCUT2D eigenvalue weighted by molar-refractivity contribution is 7.09. The molecule has 4 heterocycles. The predicted octanol–water partition coefficient (Wildman–Crippen LogP) is 3.57. The zero-order chi connectivity index (χ0) is 18.2. The van der Waals surface area contributed by atoms with Gasteiger partial charge in [-0.05, 0) is 25.7 Å². The molecule has 5 rings (SSSR count). The van der Waals surface area contributed by atoms with Crippen molar-refractivity contribution in [2.75, 3.05) is 24.5 Å². The van der Waals surface area contributed by atoms with Gasteiger partial charge in [0.1, 0.15) is 0 Å². The summed E-state index contributed by atoms with van der Waals surface area (Å²) in [6.07, 6.45) is 12.0. The van der Waals surface area contributed by atoms with Gasteiger partial charge in [0, 0.05) is 50.1 Å². The summed E-state index contributed by atoms with van der Waals surface area (Å²) in [6, 6.07) is 0.393. The molecule has 3 aliphatic rings. The summed E-state index contributed by atoms with van der Waals surface area (Å²) in [7, 11) is 0. The van der Waals surface area contributed by atoms with Crippen molar-refractivity contribution in [3.63, 3.8) is 0 Å². The molecule has 7 heteroatoms. The second-order valence-corrected chi connectivity index (χ2v) is 9.05. The van der Waals surface area contributed by atoms with Gasteiger partial charge in [-0.15, -0.1) is 11.3 Å². The zero-order valence-electron chi connectivity index (χ0n) is 15.7. The number of rotatable bonds is 5. The lowest BCUT2D eigenvalue weighted by Gasteiger charge is -2.15. The minimum atomic E-state index is 0.226. The van der Waals surface area contributed by atoms with Gasteiger partial charge >= 0.3 is 0 Å². The topological polar surface area (TPSA) is 54.3 Å². The zero-order valence-corrected chi connectivity index (χ0v) is 16.5. The van der Waals surface area contributed by atoms with Crippen LogP contribution in [0.4, 0.5) is 5.69 Å². The van der Waals surface area contributed by atoms with Crippen molar-refractivity contribution in [3.8, 4) is 0 Å². The number of carbonyl (C=O) groups is 1. The highest BCUT2D eigenvalue weighted by Crippen LogP contribution is 2.36. The maximum atomic E-state index is 11.9. The van der Waals surface area contributed by atoms with Gasteiger partial charge < -0.3 is 4.90 Å². The van der Waals surface area contributed by atoms with Gasteiger partial charge in [-0.2, -0.15) is 5.10 Å². The van der Waals surface area contributed by atoms with E-state index in [2.05, 4.69) is 26.3 Å². The third-order valence-electron chi connectivity index (χ3n) is 6.25. The lowest BCUT2D eigenvalue weighted by Crippen LogP contribution is -2.23. The van der Waals surface area contributed by atoms with E-state index in [1.807, 2.05) is 22.4 Å². The molecule has 1 unspecified atom stereocenters. The van der Waals surface area contributed by atoms with Crippen LogP contribution in [0.15, 0.2) is 17.8 Å². The Kier molecular flexibility index (Phi) is 4.73. The first-order valence-electron chi connectivity index (χ1n) is 10.3. The van der Waals surface area contributed by atoms with Gasteiger partial charge in [0.05, 0.1) is 28.6 Å². The standard InChI is InChI=1S/C20H27N5OS/c26-19-6-3-8-24(19)18-10-21-25(13-18)17-7-9-23(12-17)11-16-14-27-20(22-16)15-4-1-2-5-15/h10,13-15,17H,1-9,11-12H2. The Bertz CT molecular complexity index is 809.